The third kappa shape index (κ3) is 3.27. The average Bonchev–Trinajstić information content (AvgIpc) is 3.22. The van der Waals surface area contributed by atoms with Crippen LogP contribution in [0.25, 0.3) is 11.2 Å². The highest BCUT2D eigenvalue weighted by atomic mass is 16.6. The Labute approximate surface area is 160 Å². The molecule has 1 aromatic carbocycles. The van der Waals surface area contributed by atoms with Crippen molar-refractivity contribution in [3.63, 3.8) is 0 Å². The molecule has 3 heterocycles. The molecule has 4 atom stereocenters. The molecule has 148 valence electrons. The quantitative estimate of drug-likeness (QED) is 0.406. The zero-order valence-electron chi connectivity index (χ0n) is 15.2. The molecule has 1 unspecified atom stereocenters. The van der Waals surface area contributed by atoms with Gasteiger partial charge in [-0.1, -0.05) is 29.8 Å². The number of nitrogens with one attached hydrogen (secondary N) is 1. The fourth-order valence-electron chi connectivity index (χ4n) is 3.32. The van der Waals surface area contributed by atoms with Gasteiger partial charge in [-0.05, 0) is 12.5 Å². The highest BCUT2D eigenvalue weighted by molar-refractivity contribution is 5.83. The smallest absolute Gasteiger partial charge is 0.227 e. The van der Waals surface area contributed by atoms with Gasteiger partial charge in [-0.25, -0.2) is 4.98 Å². The molecule has 0 radical (unpaired) electrons. The van der Waals surface area contributed by atoms with Crippen LogP contribution in [0.4, 0.5) is 11.8 Å². The van der Waals surface area contributed by atoms with E-state index >= 15 is 0 Å². The number of aliphatic hydroxyl groups is 3. The van der Waals surface area contributed by atoms with Crippen LogP contribution in [0.15, 0.2) is 30.6 Å². The molecule has 3 aromatic rings. The molecule has 28 heavy (non-hydrogen) atoms. The van der Waals surface area contributed by atoms with Gasteiger partial charge in [0, 0.05) is 6.54 Å². The first kappa shape index (κ1) is 18.6. The van der Waals surface area contributed by atoms with Crippen LogP contribution < -0.4 is 11.1 Å². The average molecular weight is 386 g/mol. The number of aromatic nitrogens is 4. The Balaban J connectivity index is 1.63. The fraction of sp³-hybridized carbons (Fsp3) is 0.389. The molecular weight excluding hydrogens is 364 g/mol. The van der Waals surface area contributed by atoms with E-state index in [4.69, 9.17) is 10.5 Å². The largest absolute Gasteiger partial charge is 0.394 e. The molecular formula is C18H22N6O4. The van der Waals surface area contributed by atoms with Crippen LogP contribution in [-0.4, -0.2) is 59.8 Å². The summed E-state index contributed by atoms with van der Waals surface area (Å²) >= 11 is 0. The summed E-state index contributed by atoms with van der Waals surface area (Å²) in [4.78, 5) is 12.9. The molecule has 0 aliphatic carbocycles. The van der Waals surface area contributed by atoms with Gasteiger partial charge in [0.25, 0.3) is 0 Å². The lowest BCUT2D eigenvalue weighted by atomic mass is 10.1. The normalized spacial score (nSPS) is 24.7. The second-order valence-corrected chi connectivity index (χ2v) is 6.83. The van der Waals surface area contributed by atoms with E-state index in [9.17, 15) is 15.3 Å². The van der Waals surface area contributed by atoms with Gasteiger partial charge in [0.15, 0.2) is 17.7 Å². The van der Waals surface area contributed by atoms with Gasteiger partial charge in [0.1, 0.15) is 23.8 Å². The summed E-state index contributed by atoms with van der Waals surface area (Å²) in [5.74, 6) is 0.488. The lowest BCUT2D eigenvalue weighted by molar-refractivity contribution is -0.0511. The number of imidazole rings is 1. The van der Waals surface area contributed by atoms with Gasteiger partial charge in [0.05, 0.1) is 12.9 Å². The minimum atomic E-state index is -1.24. The number of anilines is 2. The number of aryl methyl sites for hydroxylation is 1. The van der Waals surface area contributed by atoms with Crippen LogP contribution in [-0.2, 0) is 11.3 Å². The molecule has 4 rings (SSSR count). The molecule has 1 aliphatic heterocycles. The molecule has 0 spiro atoms. The van der Waals surface area contributed by atoms with Gasteiger partial charge in [-0.3, -0.25) is 4.57 Å². The second kappa shape index (κ2) is 7.32. The lowest BCUT2D eigenvalue weighted by Gasteiger charge is -2.17. The Kier molecular flexibility index (Phi) is 4.85. The number of nitrogens with zero attached hydrogens (tertiary/aromatic N) is 4. The lowest BCUT2D eigenvalue weighted by Crippen LogP contribution is -2.33. The van der Waals surface area contributed by atoms with Crippen molar-refractivity contribution in [2.45, 2.75) is 38.0 Å². The molecule has 10 nitrogen and oxygen atoms in total. The van der Waals surface area contributed by atoms with Crippen molar-refractivity contribution in [1.82, 2.24) is 19.5 Å². The summed E-state index contributed by atoms with van der Waals surface area (Å²) in [6.45, 7) is 2.11. The van der Waals surface area contributed by atoms with Crippen molar-refractivity contribution in [3.8, 4) is 0 Å². The van der Waals surface area contributed by atoms with Crippen molar-refractivity contribution < 1.29 is 20.1 Å². The van der Waals surface area contributed by atoms with E-state index in [0.717, 1.165) is 11.1 Å². The first-order chi connectivity index (χ1) is 13.5. The van der Waals surface area contributed by atoms with Gasteiger partial charge in [0.2, 0.25) is 5.95 Å². The van der Waals surface area contributed by atoms with Crippen molar-refractivity contribution >= 4 is 22.9 Å². The Hall–Kier alpha value is -2.79. The van der Waals surface area contributed by atoms with Crippen LogP contribution in [0.2, 0.25) is 0 Å². The summed E-state index contributed by atoms with van der Waals surface area (Å²) in [5, 5.41) is 32.7. The van der Waals surface area contributed by atoms with Crippen LogP contribution in [0.5, 0.6) is 0 Å². The molecule has 0 bridgehead atoms. The molecule has 0 saturated carbocycles. The number of hydrogen-bond donors (Lipinski definition) is 5. The standard InChI is InChI=1S/C18H22N6O4/c1-9-3-2-4-10(5-9)6-20-18-22-15(19)12-16(23-18)24(8-21-12)17-14(27)13(26)11(7-25)28-17/h2-5,8,11,13-14,17,25-27H,6-7H2,1H3,(H3,19,20,22,23)/t11-,13-,14-,17?/m1/s1. The topological polar surface area (TPSA) is 152 Å². The van der Waals surface area contributed by atoms with Crippen molar-refractivity contribution in [3.05, 3.63) is 41.7 Å². The minimum absolute atomic E-state index is 0.183. The Bertz CT molecular complexity index is 993. The maximum atomic E-state index is 10.3. The summed E-state index contributed by atoms with van der Waals surface area (Å²) in [6.07, 6.45) is -2.88. The maximum Gasteiger partial charge on any atom is 0.227 e. The monoisotopic (exact) mass is 386 g/mol. The molecule has 6 N–H and O–H groups in total. The molecule has 1 aliphatic rings. The molecule has 2 aromatic heterocycles. The summed E-state index contributed by atoms with van der Waals surface area (Å²) in [7, 11) is 0. The summed E-state index contributed by atoms with van der Waals surface area (Å²) in [6, 6.07) is 8.04. The first-order valence-corrected chi connectivity index (χ1v) is 8.90. The number of rotatable bonds is 5. The van der Waals surface area contributed by atoms with Gasteiger partial charge in [-0.2, -0.15) is 9.97 Å². The van der Waals surface area contributed by atoms with E-state index in [0.29, 0.717) is 23.7 Å². The number of ether oxygens (including phenoxy) is 1. The number of aliphatic hydroxyl groups excluding tert-OH is 3. The molecule has 0 amide bonds. The van der Waals surface area contributed by atoms with E-state index in [-0.39, 0.29) is 5.82 Å². The Morgan fingerprint density at radius 3 is 2.79 bits per heavy atom. The van der Waals surface area contributed by atoms with Crippen LogP contribution in [0.1, 0.15) is 17.4 Å². The zero-order valence-corrected chi connectivity index (χ0v) is 15.2. The van der Waals surface area contributed by atoms with E-state index in [1.165, 1.54) is 10.9 Å². The van der Waals surface area contributed by atoms with Crippen LogP contribution in [0, 0.1) is 6.92 Å². The molecule has 1 fully saturated rings. The second-order valence-electron chi connectivity index (χ2n) is 6.83. The molecule has 1 saturated heterocycles. The number of benzene rings is 1. The van der Waals surface area contributed by atoms with Crippen molar-refractivity contribution in [2.75, 3.05) is 17.7 Å². The van der Waals surface area contributed by atoms with Gasteiger partial charge >= 0.3 is 0 Å². The van der Waals surface area contributed by atoms with Crippen LogP contribution >= 0.6 is 0 Å². The van der Waals surface area contributed by atoms with Crippen LogP contribution in [0.3, 0.4) is 0 Å². The van der Waals surface area contributed by atoms with E-state index < -0.39 is 31.1 Å². The third-order valence-electron chi connectivity index (χ3n) is 4.77. The Morgan fingerprint density at radius 2 is 2.07 bits per heavy atom. The minimum Gasteiger partial charge on any atom is -0.394 e. The predicted molar refractivity (Wildman–Crippen MR) is 101 cm³/mol. The summed E-state index contributed by atoms with van der Waals surface area (Å²) < 4.78 is 7.04. The molecule has 10 heteroatoms. The number of nitrogen functional groups attached to an aromatic ring is 1. The first-order valence-electron chi connectivity index (χ1n) is 8.90. The fourth-order valence-corrected chi connectivity index (χ4v) is 3.32. The van der Waals surface area contributed by atoms with Gasteiger partial charge < -0.3 is 31.1 Å². The van der Waals surface area contributed by atoms with E-state index in [1.54, 1.807) is 0 Å². The van der Waals surface area contributed by atoms with Gasteiger partial charge in [-0.15, -0.1) is 0 Å². The maximum absolute atomic E-state index is 10.3. The van der Waals surface area contributed by atoms with E-state index in [2.05, 4.69) is 26.3 Å². The highest BCUT2D eigenvalue weighted by Gasteiger charge is 2.44. The third-order valence-corrected chi connectivity index (χ3v) is 4.77. The highest BCUT2D eigenvalue weighted by Crippen LogP contribution is 2.32. The van der Waals surface area contributed by atoms with E-state index in [1.807, 2.05) is 25.1 Å². The van der Waals surface area contributed by atoms with Crippen molar-refractivity contribution in [2.24, 2.45) is 0 Å². The number of hydrogen-bond acceptors (Lipinski definition) is 9. The number of nitrogens with two attached hydrogens (primary N) is 1. The summed E-state index contributed by atoms with van der Waals surface area (Å²) in [5.41, 5.74) is 8.95. The SMILES string of the molecule is Cc1cccc(CNc2nc(N)c3ncn(C4O[C@H](CO)[C@@H](O)[C@H]4O)c3n2)c1. The predicted octanol–water partition coefficient (Wildman–Crippen LogP) is -0.0595. The zero-order chi connectivity index (χ0) is 19.8. The number of fused-ring (bicyclic) bond motifs is 1. The Morgan fingerprint density at radius 1 is 1.25 bits per heavy atom. The van der Waals surface area contributed by atoms with Crippen molar-refractivity contribution in [1.29, 1.82) is 0 Å².